The van der Waals surface area contributed by atoms with E-state index in [2.05, 4.69) is 33.8 Å². The Morgan fingerprint density at radius 2 is 1.82 bits per heavy atom. The molecule has 1 atom stereocenters. The number of benzene rings is 2. The van der Waals surface area contributed by atoms with E-state index < -0.39 is 0 Å². The van der Waals surface area contributed by atoms with Crippen molar-refractivity contribution < 1.29 is 14.0 Å². The molecule has 0 saturated carbocycles. The Balaban J connectivity index is 1.73. The van der Waals surface area contributed by atoms with Crippen molar-refractivity contribution in [2.24, 2.45) is 5.92 Å². The van der Waals surface area contributed by atoms with Crippen LogP contribution in [0.3, 0.4) is 0 Å². The summed E-state index contributed by atoms with van der Waals surface area (Å²) in [6.45, 7) is 14.0. The first kappa shape index (κ1) is 28.4. The maximum atomic E-state index is 14.5. The fourth-order valence-corrected chi connectivity index (χ4v) is 6.90. The number of thioether (sulfide) groups is 1. The van der Waals surface area contributed by atoms with E-state index in [1.165, 1.54) is 17.8 Å². The second-order valence-electron chi connectivity index (χ2n) is 12.3. The van der Waals surface area contributed by atoms with Crippen LogP contribution in [0.15, 0.2) is 42.5 Å². The lowest BCUT2D eigenvalue weighted by Crippen LogP contribution is -2.46. The van der Waals surface area contributed by atoms with Crippen molar-refractivity contribution in [3.05, 3.63) is 76.2 Å². The predicted molar refractivity (Wildman–Crippen MR) is 160 cm³/mol. The van der Waals surface area contributed by atoms with Gasteiger partial charge in [0.2, 0.25) is 11.8 Å². The van der Waals surface area contributed by atoms with Crippen molar-refractivity contribution >= 4 is 29.4 Å². The summed E-state index contributed by atoms with van der Waals surface area (Å²) in [6.07, 6.45) is 1.94. The van der Waals surface area contributed by atoms with Crippen LogP contribution in [-0.4, -0.2) is 51.9 Å². The number of likely N-dealkylation sites (tertiary alicyclic amines) is 1. The van der Waals surface area contributed by atoms with Gasteiger partial charge in [0.15, 0.2) is 0 Å². The number of aryl methyl sites for hydroxylation is 2. The van der Waals surface area contributed by atoms with Gasteiger partial charge in [-0.25, -0.2) is 9.07 Å². The molecule has 3 aromatic rings. The van der Waals surface area contributed by atoms with E-state index in [-0.39, 0.29) is 40.6 Å². The molecule has 1 saturated heterocycles. The minimum absolute atomic E-state index is 0.0448. The topological polar surface area (TPSA) is 58.4 Å². The van der Waals surface area contributed by atoms with E-state index in [0.717, 1.165) is 46.5 Å². The number of carbonyl (C=O) groups excluding carboxylic acids is 2. The summed E-state index contributed by atoms with van der Waals surface area (Å²) in [4.78, 5) is 31.1. The van der Waals surface area contributed by atoms with Crippen LogP contribution < -0.4 is 4.90 Å². The highest BCUT2D eigenvalue weighted by Gasteiger charge is 2.40. The van der Waals surface area contributed by atoms with Gasteiger partial charge in [-0.2, -0.15) is 5.10 Å². The Bertz CT molecular complexity index is 1440. The molecule has 40 heavy (non-hydrogen) atoms. The lowest BCUT2D eigenvalue weighted by Gasteiger charge is -2.32. The molecule has 2 aliphatic rings. The molecule has 1 aromatic heterocycles. The molecule has 0 bridgehead atoms. The summed E-state index contributed by atoms with van der Waals surface area (Å²) in [6, 6.07) is 12.8. The van der Waals surface area contributed by atoms with Crippen LogP contribution >= 0.6 is 11.8 Å². The quantitative estimate of drug-likeness (QED) is 0.372. The van der Waals surface area contributed by atoms with Crippen molar-refractivity contribution in [3.63, 3.8) is 0 Å². The number of nitrogens with zero attached hydrogens (tertiary/aromatic N) is 4. The van der Waals surface area contributed by atoms with Gasteiger partial charge in [0.25, 0.3) is 0 Å². The summed E-state index contributed by atoms with van der Waals surface area (Å²) >= 11 is 1.47. The third-order valence-electron chi connectivity index (χ3n) is 7.96. The van der Waals surface area contributed by atoms with E-state index >= 15 is 0 Å². The standard InChI is InChI=1S/C32H39FN4O2S/c1-20-12-14-35(15-13-20)26(38)18-36-27(39)19-40-29(23-8-7-9-24(33)17-23)28-30(32(4,5)6)34-37(31(28)36)25-11-10-21(2)16-22(25)3/h7-11,16-17,20,29H,12-15,18-19H2,1-6H3. The summed E-state index contributed by atoms with van der Waals surface area (Å²) in [5.41, 5.74) is 5.13. The van der Waals surface area contributed by atoms with E-state index in [1.807, 2.05) is 41.6 Å². The number of rotatable bonds is 4. The summed E-state index contributed by atoms with van der Waals surface area (Å²) in [5.74, 6) is 0.873. The fraction of sp³-hybridized carbons (Fsp3) is 0.469. The summed E-state index contributed by atoms with van der Waals surface area (Å²) < 4.78 is 16.3. The minimum atomic E-state index is -0.369. The Labute approximate surface area is 240 Å². The molecule has 2 aromatic carbocycles. The molecule has 0 radical (unpaired) electrons. The van der Waals surface area contributed by atoms with Crippen LogP contribution in [0.5, 0.6) is 0 Å². The van der Waals surface area contributed by atoms with Crippen molar-refractivity contribution in [1.29, 1.82) is 0 Å². The smallest absolute Gasteiger partial charge is 0.242 e. The molecular weight excluding hydrogens is 523 g/mol. The maximum absolute atomic E-state index is 14.5. The zero-order chi connectivity index (χ0) is 28.8. The van der Waals surface area contributed by atoms with Crippen LogP contribution in [0.25, 0.3) is 5.69 Å². The molecule has 6 nitrogen and oxygen atoms in total. The van der Waals surface area contributed by atoms with Gasteiger partial charge in [0.05, 0.1) is 22.4 Å². The molecule has 5 rings (SSSR count). The van der Waals surface area contributed by atoms with Gasteiger partial charge < -0.3 is 4.90 Å². The van der Waals surface area contributed by atoms with Crippen molar-refractivity contribution in [2.75, 3.05) is 30.3 Å². The molecule has 8 heteroatoms. The molecule has 0 spiro atoms. The van der Waals surface area contributed by atoms with Gasteiger partial charge in [0.1, 0.15) is 18.2 Å². The van der Waals surface area contributed by atoms with Gasteiger partial charge in [-0.3, -0.25) is 14.5 Å². The third-order valence-corrected chi connectivity index (χ3v) is 9.22. The summed E-state index contributed by atoms with van der Waals surface area (Å²) in [5, 5.41) is 4.85. The van der Waals surface area contributed by atoms with Crippen molar-refractivity contribution in [3.8, 4) is 5.69 Å². The molecular formula is C32H39FN4O2S. The van der Waals surface area contributed by atoms with E-state index in [9.17, 15) is 14.0 Å². The van der Waals surface area contributed by atoms with Crippen LogP contribution in [-0.2, 0) is 15.0 Å². The van der Waals surface area contributed by atoms with E-state index in [1.54, 1.807) is 17.0 Å². The number of fused-ring (bicyclic) bond motifs is 1. The molecule has 0 aliphatic carbocycles. The first-order valence-corrected chi connectivity index (χ1v) is 15.1. The third kappa shape index (κ3) is 5.55. The fourth-order valence-electron chi connectivity index (χ4n) is 5.71. The second kappa shape index (κ2) is 11.0. The lowest BCUT2D eigenvalue weighted by molar-refractivity contribution is -0.132. The number of aromatic nitrogens is 2. The average Bonchev–Trinajstić information content (AvgIpc) is 3.21. The largest absolute Gasteiger partial charge is 0.341 e. The van der Waals surface area contributed by atoms with Gasteiger partial charge in [0, 0.05) is 24.1 Å². The first-order valence-electron chi connectivity index (χ1n) is 14.1. The number of piperidine rings is 1. The number of hydrogen-bond donors (Lipinski definition) is 0. The van der Waals surface area contributed by atoms with Crippen LogP contribution in [0.1, 0.15) is 73.7 Å². The van der Waals surface area contributed by atoms with Crippen LogP contribution in [0.2, 0.25) is 0 Å². The monoisotopic (exact) mass is 562 g/mol. The van der Waals surface area contributed by atoms with Crippen molar-refractivity contribution in [1.82, 2.24) is 14.7 Å². The Morgan fingerprint density at radius 1 is 1.10 bits per heavy atom. The normalized spacial score (nSPS) is 18.6. The number of amides is 2. The van der Waals surface area contributed by atoms with Crippen molar-refractivity contribution in [2.45, 2.75) is 65.0 Å². The molecule has 1 unspecified atom stereocenters. The molecule has 0 N–H and O–H groups in total. The minimum Gasteiger partial charge on any atom is -0.341 e. The second-order valence-corrected chi connectivity index (χ2v) is 13.4. The number of carbonyl (C=O) groups is 2. The number of halogens is 1. The maximum Gasteiger partial charge on any atom is 0.242 e. The van der Waals surface area contributed by atoms with Crippen LogP contribution in [0, 0.1) is 25.6 Å². The lowest BCUT2D eigenvalue weighted by atomic mass is 9.87. The van der Waals surface area contributed by atoms with E-state index in [4.69, 9.17) is 5.10 Å². The molecule has 2 aliphatic heterocycles. The molecule has 1 fully saturated rings. The molecule has 2 amide bonds. The van der Waals surface area contributed by atoms with Gasteiger partial charge >= 0.3 is 0 Å². The van der Waals surface area contributed by atoms with Gasteiger partial charge in [-0.05, 0) is 61.9 Å². The number of hydrogen-bond acceptors (Lipinski definition) is 4. The van der Waals surface area contributed by atoms with Crippen LogP contribution in [0.4, 0.5) is 10.2 Å². The predicted octanol–water partition coefficient (Wildman–Crippen LogP) is 6.35. The Morgan fingerprint density at radius 3 is 2.48 bits per heavy atom. The molecule has 212 valence electrons. The zero-order valence-electron chi connectivity index (χ0n) is 24.3. The highest BCUT2D eigenvalue weighted by molar-refractivity contribution is 8.00. The highest BCUT2D eigenvalue weighted by atomic mass is 32.2. The van der Waals surface area contributed by atoms with Gasteiger partial charge in [-0.15, -0.1) is 11.8 Å². The Hall–Kier alpha value is -3.13. The number of anilines is 1. The summed E-state index contributed by atoms with van der Waals surface area (Å²) in [7, 11) is 0. The van der Waals surface area contributed by atoms with Gasteiger partial charge in [-0.1, -0.05) is 57.5 Å². The highest BCUT2D eigenvalue weighted by Crippen LogP contribution is 2.48. The Kier molecular flexibility index (Phi) is 7.83. The van der Waals surface area contributed by atoms with E-state index in [0.29, 0.717) is 24.8 Å². The molecule has 3 heterocycles. The average molecular weight is 563 g/mol. The zero-order valence-corrected chi connectivity index (χ0v) is 25.1. The first-order chi connectivity index (χ1) is 18.9. The SMILES string of the molecule is Cc1ccc(-n2nc(C(C)(C)C)c3c2N(CC(=O)N2CCC(C)CC2)C(=O)CSC3c2cccc(F)c2)c(C)c1.